The standard InChI is InChI=1S/C22H32FNO4/c1-21(2,3)28-20-12-24-8-5-14-9-19(27-13-22(23)6-7-22)18(26-4)10-15(14)16(24)11-17(20)25/h9-10,16-17,20,25H,5-8,11-13H2,1-4H3. The lowest BCUT2D eigenvalue weighted by Gasteiger charge is -2.46. The second kappa shape index (κ2) is 7.15. The van der Waals surface area contributed by atoms with Crippen LogP contribution < -0.4 is 9.47 Å². The van der Waals surface area contributed by atoms with Crippen molar-refractivity contribution in [1.29, 1.82) is 0 Å². The van der Waals surface area contributed by atoms with Crippen molar-refractivity contribution in [3.63, 3.8) is 0 Å². The quantitative estimate of drug-likeness (QED) is 0.831. The summed E-state index contributed by atoms with van der Waals surface area (Å²) in [5.41, 5.74) is 0.928. The summed E-state index contributed by atoms with van der Waals surface area (Å²) in [6.45, 7) is 7.77. The molecule has 28 heavy (non-hydrogen) atoms. The lowest BCUT2D eigenvalue weighted by molar-refractivity contribution is -0.149. The van der Waals surface area contributed by atoms with Gasteiger partial charge < -0.3 is 19.3 Å². The van der Waals surface area contributed by atoms with Gasteiger partial charge in [-0.3, -0.25) is 4.90 Å². The average molecular weight is 393 g/mol. The average Bonchev–Trinajstić information content (AvgIpc) is 3.36. The molecule has 0 spiro atoms. The normalized spacial score (nSPS) is 29.0. The zero-order valence-corrected chi connectivity index (χ0v) is 17.3. The minimum Gasteiger partial charge on any atom is -0.493 e. The van der Waals surface area contributed by atoms with Crippen molar-refractivity contribution in [2.45, 2.75) is 76.0 Å². The summed E-state index contributed by atoms with van der Waals surface area (Å²) in [4.78, 5) is 2.40. The van der Waals surface area contributed by atoms with Crippen LogP contribution in [0.2, 0.25) is 0 Å². The molecule has 0 bridgehead atoms. The van der Waals surface area contributed by atoms with Gasteiger partial charge in [-0.15, -0.1) is 0 Å². The lowest BCUT2D eigenvalue weighted by atomic mass is 9.84. The molecule has 156 valence electrons. The number of alkyl halides is 1. The van der Waals surface area contributed by atoms with Crippen LogP contribution in [0.15, 0.2) is 12.1 Å². The van der Waals surface area contributed by atoms with Crippen LogP contribution in [0, 0.1) is 0 Å². The van der Waals surface area contributed by atoms with E-state index in [4.69, 9.17) is 14.2 Å². The van der Waals surface area contributed by atoms with E-state index in [2.05, 4.69) is 4.90 Å². The molecule has 2 heterocycles. The molecule has 0 amide bonds. The molecule has 4 rings (SSSR count). The highest BCUT2D eigenvalue weighted by atomic mass is 19.1. The Labute approximate surface area is 166 Å². The van der Waals surface area contributed by atoms with Gasteiger partial charge in [0, 0.05) is 19.1 Å². The number of aliphatic hydroxyl groups excluding tert-OH is 1. The molecule has 1 saturated heterocycles. The zero-order chi connectivity index (χ0) is 20.1. The van der Waals surface area contributed by atoms with E-state index in [0.29, 0.717) is 37.3 Å². The van der Waals surface area contributed by atoms with Gasteiger partial charge in [0.2, 0.25) is 0 Å². The van der Waals surface area contributed by atoms with Gasteiger partial charge in [0.15, 0.2) is 11.5 Å². The molecule has 3 atom stereocenters. The minimum atomic E-state index is -1.16. The molecule has 1 saturated carbocycles. The summed E-state index contributed by atoms with van der Waals surface area (Å²) < 4.78 is 31.4. The predicted molar refractivity (Wildman–Crippen MR) is 105 cm³/mol. The van der Waals surface area contributed by atoms with Gasteiger partial charge in [-0.1, -0.05) is 0 Å². The molecule has 1 N–H and O–H groups in total. The molecule has 2 fully saturated rings. The first-order chi connectivity index (χ1) is 13.2. The van der Waals surface area contributed by atoms with Gasteiger partial charge in [-0.25, -0.2) is 4.39 Å². The number of benzene rings is 1. The van der Waals surface area contributed by atoms with Gasteiger partial charge in [0.25, 0.3) is 0 Å². The summed E-state index contributed by atoms with van der Waals surface area (Å²) in [6.07, 6.45) is 1.99. The molecule has 5 nitrogen and oxygen atoms in total. The highest BCUT2D eigenvalue weighted by Gasteiger charge is 2.44. The molecule has 6 heteroatoms. The first kappa shape index (κ1) is 19.9. The Morgan fingerprint density at radius 1 is 1.25 bits per heavy atom. The Bertz CT molecular complexity index is 728. The smallest absolute Gasteiger partial charge is 0.161 e. The summed E-state index contributed by atoms with van der Waals surface area (Å²) >= 11 is 0. The largest absolute Gasteiger partial charge is 0.493 e. The first-order valence-corrected chi connectivity index (χ1v) is 10.3. The van der Waals surface area contributed by atoms with E-state index >= 15 is 0 Å². The van der Waals surface area contributed by atoms with Gasteiger partial charge in [0.1, 0.15) is 12.3 Å². The third-order valence-corrected chi connectivity index (χ3v) is 5.99. The fourth-order valence-electron chi connectivity index (χ4n) is 4.32. The van der Waals surface area contributed by atoms with Crippen LogP contribution in [0.4, 0.5) is 4.39 Å². The van der Waals surface area contributed by atoms with Gasteiger partial charge >= 0.3 is 0 Å². The lowest BCUT2D eigenvalue weighted by Crippen LogP contribution is -2.53. The van der Waals surface area contributed by atoms with E-state index in [0.717, 1.165) is 13.0 Å². The molecule has 1 aromatic rings. The Kier molecular flexibility index (Phi) is 5.09. The van der Waals surface area contributed by atoms with Crippen LogP contribution in [-0.2, 0) is 11.2 Å². The molecule has 0 radical (unpaired) electrons. The van der Waals surface area contributed by atoms with Crippen molar-refractivity contribution in [3.05, 3.63) is 23.3 Å². The number of nitrogens with zero attached hydrogens (tertiary/aromatic N) is 1. The van der Waals surface area contributed by atoms with E-state index in [1.165, 1.54) is 11.1 Å². The third-order valence-electron chi connectivity index (χ3n) is 5.99. The number of aliphatic hydroxyl groups is 1. The van der Waals surface area contributed by atoms with Crippen LogP contribution in [0.25, 0.3) is 0 Å². The van der Waals surface area contributed by atoms with E-state index in [1.54, 1.807) is 7.11 Å². The van der Waals surface area contributed by atoms with Crippen LogP contribution in [0.5, 0.6) is 11.5 Å². The topological polar surface area (TPSA) is 51.2 Å². The maximum Gasteiger partial charge on any atom is 0.161 e. The molecule has 2 aliphatic heterocycles. The second-order valence-electron chi connectivity index (χ2n) is 9.47. The summed E-state index contributed by atoms with van der Waals surface area (Å²) in [7, 11) is 1.61. The maximum absolute atomic E-state index is 14.0. The minimum absolute atomic E-state index is 0.0856. The number of rotatable bonds is 5. The summed E-state index contributed by atoms with van der Waals surface area (Å²) in [5.74, 6) is 1.25. The van der Waals surface area contributed by atoms with Crippen molar-refractivity contribution in [2.24, 2.45) is 0 Å². The number of hydrogen-bond donors (Lipinski definition) is 1. The Morgan fingerprint density at radius 2 is 2.00 bits per heavy atom. The Balaban J connectivity index is 1.54. The van der Waals surface area contributed by atoms with E-state index in [1.807, 2.05) is 32.9 Å². The third kappa shape index (κ3) is 4.14. The maximum atomic E-state index is 14.0. The van der Waals surface area contributed by atoms with Crippen molar-refractivity contribution >= 4 is 0 Å². The Hall–Kier alpha value is -1.37. The molecular weight excluding hydrogens is 361 g/mol. The molecule has 1 aromatic carbocycles. The summed E-state index contributed by atoms with van der Waals surface area (Å²) in [5, 5.41) is 10.7. The fourth-order valence-corrected chi connectivity index (χ4v) is 4.32. The van der Waals surface area contributed by atoms with Crippen molar-refractivity contribution in [3.8, 4) is 11.5 Å². The van der Waals surface area contributed by atoms with E-state index in [-0.39, 0.29) is 24.4 Å². The number of piperidine rings is 1. The zero-order valence-electron chi connectivity index (χ0n) is 17.3. The van der Waals surface area contributed by atoms with Crippen LogP contribution in [0.3, 0.4) is 0 Å². The van der Waals surface area contributed by atoms with Crippen molar-refractivity contribution in [2.75, 3.05) is 26.8 Å². The SMILES string of the molecule is COc1cc2c(cc1OCC1(F)CC1)CCN1CC(OC(C)(C)C)C(O)CC21. The monoisotopic (exact) mass is 393 g/mol. The molecule has 3 aliphatic rings. The number of methoxy groups -OCH3 is 1. The Morgan fingerprint density at radius 3 is 2.64 bits per heavy atom. The van der Waals surface area contributed by atoms with Gasteiger partial charge in [-0.2, -0.15) is 0 Å². The molecular formula is C22H32FNO4. The van der Waals surface area contributed by atoms with E-state index in [9.17, 15) is 9.50 Å². The first-order valence-electron chi connectivity index (χ1n) is 10.3. The van der Waals surface area contributed by atoms with E-state index < -0.39 is 11.8 Å². The number of hydrogen-bond acceptors (Lipinski definition) is 5. The summed E-state index contributed by atoms with van der Waals surface area (Å²) in [6, 6.07) is 4.15. The fraction of sp³-hybridized carbons (Fsp3) is 0.727. The van der Waals surface area contributed by atoms with Crippen molar-refractivity contribution < 1.29 is 23.7 Å². The molecule has 1 aliphatic carbocycles. The van der Waals surface area contributed by atoms with Crippen LogP contribution in [-0.4, -0.2) is 60.3 Å². The highest BCUT2D eigenvalue weighted by Crippen LogP contribution is 2.44. The van der Waals surface area contributed by atoms with Gasteiger partial charge in [0.05, 0.1) is 24.9 Å². The highest BCUT2D eigenvalue weighted by molar-refractivity contribution is 5.50. The number of fused-ring (bicyclic) bond motifs is 3. The van der Waals surface area contributed by atoms with Crippen LogP contribution >= 0.6 is 0 Å². The number of halogens is 1. The molecule has 0 aromatic heterocycles. The second-order valence-corrected chi connectivity index (χ2v) is 9.47. The predicted octanol–water partition coefficient (Wildman–Crippen LogP) is 3.42. The van der Waals surface area contributed by atoms with Gasteiger partial charge in [-0.05, 0) is 69.7 Å². The van der Waals surface area contributed by atoms with Crippen molar-refractivity contribution in [1.82, 2.24) is 4.90 Å². The number of ether oxygens (including phenoxy) is 3. The van der Waals surface area contributed by atoms with Crippen LogP contribution in [0.1, 0.15) is 57.2 Å². The molecule has 3 unspecified atom stereocenters.